The number of imidazole rings is 1. The maximum atomic E-state index is 13.1. The number of nitrogens with zero attached hydrogens (tertiary/aromatic N) is 2. The number of amides is 1. The summed E-state index contributed by atoms with van der Waals surface area (Å²) in [4.78, 5) is 22.5. The number of rotatable bonds is 33. The Hall–Kier alpha value is -1.32. The molecule has 0 aromatic carbocycles. The van der Waals surface area contributed by atoms with Gasteiger partial charge in [0.1, 0.15) is 0 Å². The minimum atomic E-state index is 0.328. The topological polar surface area (TPSA) is 49.0 Å². The summed E-state index contributed by atoms with van der Waals surface area (Å²) in [6.45, 7) is 6.47. The molecule has 1 rings (SSSR count). The van der Waals surface area contributed by atoms with Crippen LogP contribution in [0.1, 0.15) is 206 Å². The van der Waals surface area contributed by atoms with Crippen LogP contribution in [-0.4, -0.2) is 33.9 Å². The second kappa shape index (κ2) is 31.1. The van der Waals surface area contributed by atoms with Crippen molar-refractivity contribution >= 4 is 5.91 Å². The van der Waals surface area contributed by atoms with E-state index in [1.165, 1.54) is 167 Å². The molecule has 1 aromatic heterocycles. The number of hydrogen-bond donors (Lipinski definition) is 1. The SMILES string of the molecule is CCCCCCCCCCCCCCCCN(CCCCCCCCCCCCCCCC)C(=O)CCc1cnc[nH]1. The van der Waals surface area contributed by atoms with Gasteiger partial charge in [-0.3, -0.25) is 4.79 Å². The van der Waals surface area contributed by atoms with Crippen molar-refractivity contribution in [3.05, 3.63) is 18.2 Å². The van der Waals surface area contributed by atoms with Gasteiger partial charge in [0.15, 0.2) is 0 Å². The van der Waals surface area contributed by atoms with Crippen molar-refractivity contribution in [2.45, 2.75) is 206 Å². The highest BCUT2D eigenvalue weighted by Crippen LogP contribution is 2.15. The Labute approximate surface area is 263 Å². The lowest BCUT2D eigenvalue weighted by Crippen LogP contribution is -2.33. The van der Waals surface area contributed by atoms with Crippen molar-refractivity contribution in [2.24, 2.45) is 0 Å². The number of aromatic amines is 1. The number of unbranched alkanes of at least 4 members (excludes halogenated alkanes) is 26. The van der Waals surface area contributed by atoms with Crippen molar-refractivity contribution in [1.29, 1.82) is 0 Å². The smallest absolute Gasteiger partial charge is 0.222 e. The third-order valence-electron chi connectivity index (χ3n) is 9.08. The maximum absolute atomic E-state index is 13.1. The van der Waals surface area contributed by atoms with Gasteiger partial charge in [0.05, 0.1) is 6.33 Å². The Morgan fingerprint density at radius 3 is 1.19 bits per heavy atom. The van der Waals surface area contributed by atoms with Crippen LogP contribution in [0.5, 0.6) is 0 Å². The van der Waals surface area contributed by atoms with Gasteiger partial charge < -0.3 is 9.88 Å². The van der Waals surface area contributed by atoms with Crippen LogP contribution in [0.15, 0.2) is 12.5 Å². The van der Waals surface area contributed by atoms with Crippen molar-refractivity contribution in [3.63, 3.8) is 0 Å². The fourth-order valence-corrected chi connectivity index (χ4v) is 6.18. The fourth-order valence-electron chi connectivity index (χ4n) is 6.18. The zero-order valence-electron chi connectivity index (χ0n) is 28.6. The van der Waals surface area contributed by atoms with Crippen LogP contribution in [-0.2, 0) is 11.2 Å². The molecule has 1 heterocycles. The van der Waals surface area contributed by atoms with E-state index in [0.717, 1.165) is 38.0 Å². The molecule has 0 aliphatic heterocycles. The van der Waals surface area contributed by atoms with Gasteiger partial charge in [-0.2, -0.15) is 0 Å². The standard InChI is InChI=1S/C38H73N3O/c1-3-5-7-9-11-13-15-17-19-21-23-25-27-29-33-41(38(42)32-31-37-35-39-36-40-37)34-30-28-26-24-22-20-18-16-14-12-10-8-6-4-2/h35-36H,3-34H2,1-2H3,(H,39,40). The van der Waals surface area contributed by atoms with Gasteiger partial charge in [-0.15, -0.1) is 0 Å². The third-order valence-corrected chi connectivity index (χ3v) is 9.08. The molecule has 0 spiro atoms. The number of nitrogens with one attached hydrogen (secondary N) is 1. The largest absolute Gasteiger partial charge is 0.348 e. The molecular formula is C38H73N3O. The zero-order valence-corrected chi connectivity index (χ0v) is 28.6. The molecule has 4 nitrogen and oxygen atoms in total. The summed E-state index contributed by atoms with van der Waals surface area (Å²) in [6, 6.07) is 0. The second-order valence-corrected chi connectivity index (χ2v) is 13.2. The summed E-state index contributed by atoms with van der Waals surface area (Å²) < 4.78 is 0. The van der Waals surface area contributed by atoms with Crippen molar-refractivity contribution < 1.29 is 4.79 Å². The highest BCUT2D eigenvalue weighted by molar-refractivity contribution is 5.76. The molecule has 0 fully saturated rings. The first-order valence-electron chi connectivity index (χ1n) is 19.0. The van der Waals surface area contributed by atoms with E-state index >= 15 is 0 Å². The van der Waals surface area contributed by atoms with Crippen LogP contribution in [0.25, 0.3) is 0 Å². The summed E-state index contributed by atoms with van der Waals surface area (Å²) in [6.07, 6.45) is 43.5. The van der Waals surface area contributed by atoms with Gasteiger partial charge in [-0.1, -0.05) is 181 Å². The average Bonchev–Trinajstić information content (AvgIpc) is 3.53. The number of hydrogen-bond acceptors (Lipinski definition) is 2. The summed E-state index contributed by atoms with van der Waals surface area (Å²) in [5.41, 5.74) is 1.07. The average molecular weight is 588 g/mol. The number of carbonyl (C=O) groups is 1. The lowest BCUT2D eigenvalue weighted by Gasteiger charge is -2.23. The monoisotopic (exact) mass is 588 g/mol. The maximum Gasteiger partial charge on any atom is 0.222 e. The Kier molecular flexibility index (Phi) is 28.7. The molecule has 42 heavy (non-hydrogen) atoms. The Morgan fingerprint density at radius 1 is 0.548 bits per heavy atom. The number of aryl methyl sites for hydroxylation is 1. The van der Waals surface area contributed by atoms with Gasteiger partial charge in [-0.25, -0.2) is 4.98 Å². The molecule has 1 N–H and O–H groups in total. The second-order valence-electron chi connectivity index (χ2n) is 13.2. The Balaban J connectivity index is 2.09. The van der Waals surface area contributed by atoms with E-state index in [2.05, 4.69) is 28.7 Å². The molecule has 1 amide bonds. The first kappa shape index (κ1) is 38.7. The molecule has 0 atom stereocenters. The third kappa shape index (κ3) is 25.2. The Bertz CT molecular complexity index is 627. The molecule has 0 bridgehead atoms. The van der Waals surface area contributed by atoms with Crippen LogP contribution < -0.4 is 0 Å². The van der Waals surface area contributed by atoms with E-state index in [1.807, 2.05) is 6.20 Å². The van der Waals surface area contributed by atoms with E-state index in [1.54, 1.807) is 6.33 Å². The molecule has 0 radical (unpaired) electrons. The minimum Gasteiger partial charge on any atom is -0.348 e. The molecule has 0 aliphatic rings. The molecule has 0 aliphatic carbocycles. The number of aromatic nitrogens is 2. The highest BCUT2D eigenvalue weighted by Gasteiger charge is 2.13. The fraction of sp³-hybridized carbons (Fsp3) is 0.895. The Morgan fingerprint density at radius 2 is 0.881 bits per heavy atom. The zero-order chi connectivity index (χ0) is 30.2. The summed E-state index contributed by atoms with van der Waals surface area (Å²) in [5, 5.41) is 0. The molecular weight excluding hydrogens is 514 g/mol. The van der Waals surface area contributed by atoms with Gasteiger partial charge in [0.25, 0.3) is 0 Å². The first-order valence-corrected chi connectivity index (χ1v) is 19.0. The summed E-state index contributed by atoms with van der Waals surface area (Å²) >= 11 is 0. The van der Waals surface area contributed by atoms with Crippen molar-refractivity contribution in [1.82, 2.24) is 14.9 Å². The normalized spacial score (nSPS) is 11.4. The van der Waals surface area contributed by atoms with Crippen LogP contribution in [0.4, 0.5) is 0 Å². The minimum absolute atomic E-state index is 0.328. The lowest BCUT2D eigenvalue weighted by atomic mass is 10.0. The molecule has 4 heteroatoms. The van der Waals surface area contributed by atoms with Crippen LogP contribution in [0.3, 0.4) is 0 Å². The summed E-state index contributed by atoms with van der Waals surface area (Å²) in [7, 11) is 0. The van der Waals surface area contributed by atoms with E-state index in [0.29, 0.717) is 12.3 Å². The van der Waals surface area contributed by atoms with Crippen LogP contribution in [0.2, 0.25) is 0 Å². The van der Waals surface area contributed by atoms with E-state index in [4.69, 9.17) is 0 Å². The molecule has 0 unspecified atom stereocenters. The van der Waals surface area contributed by atoms with Crippen molar-refractivity contribution in [3.8, 4) is 0 Å². The predicted molar refractivity (Wildman–Crippen MR) is 184 cm³/mol. The number of H-pyrrole nitrogens is 1. The first-order chi connectivity index (χ1) is 20.8. The van der Waals surface area contributed by atoms with Crippen LogP contribution >= 0.6 is 0 Å². The molecule has 1 aromatic rings. The van der Waals surface area contributed by atoms with Gasteiger partial charge in [0, 0.05) is 31.4 Å². The molecule has 0 saturated carbocycles. The van der Waals surface area contributed by atoms with Crippen LogP contribution in [0, 0.1) is 0 Å². The van der Waals surface area contributed by atoms with E-state index in [-0.39, 0.29) is 0 Å². The summed E-state index contributed by atoms with van der Waals surface area (Å²) in [5.74, 6) is 0.328. The van der Waals surface area contributed by atoms with Gasteiger partial charge >= 0.3 is 0 Å². The van der Waals surface area contributed by atoms with Gasteiger partial charge in [0.2, 0.25) is 5.91 Å². The predicted octanol–water partition coefficient (Wildman–Crippen LogP) is 12.1. The number of carbonyl (C=O) groups excluding carboxylic acids is 1. The quantitative estimate of drug-likeness (QED) is 0.0831. The van der Waals surface area contributed by atoms with Gasteiger partial charge in [-0.05, 0) is 19.3 Å². The lowest BCUT2D eigenvalue weighted by molar-refractivity contribution is -0.131. The highest BCUT2D eigenvalue weighted by atomic mass is 16.2. The van der Waals surface area contributed by atoms with E-state index < -0.39 is 0 Å². The van der Waals surface area contributed by atoms with E-state index in [9.17, 15) is 4.79 Å². The molecule has 246 valence electrons. The van der Waals surface area contributed by atoms with Crippen molar-refractivity contribution in [2.75, 3.05) is 13.1 Å². The molecule has 0 saturated heterocycles.